The van der Waals surface area contributed by atoms with Gasteiger partial charge in [0.1, 0.15) is 5.82 Å². The van der Waals surface area contributed by atoms with Gasteiger partial charge in [-0.15, -0.1) is 0 Å². The second-order valence-corrected chi connectivity index (χ2v) is 5.88. The highest BCUT2D eigenvalue weighted by molar-refractivity contribution is 5.25. The molecule has 0 saturated heterocycles. The predicted molar refractivity (Wildman–Crippen MR) is 85.3 cm³/mol. The lowest BCUT2D eigenvalue weighted by atomic mass is 9.99. The van der Waals surface area contributed by atoms with E-state index in [-0.39, 0.29) is 11.9 Å². The van der Waals surface area contributed by atoms with Crippen molar-refractivity contribution in [1.82, 2.24) is 0 Å². The van der Waals surface area contributed by atoms with Gasteiger partial charge in [0.05, 0.1) is 0 Å². The lowest BCUT2D eigenvalue weighted by Gasteiger charge is -2.12. The van der Waals surface area contributed by atoms with Crippen LogP contribution in [0, 0.1) is 12.7 Å². The molecular formula is C18H30FN. The summed E-state index contributed by atoms with van der Waals surface area (Å²) in [5.41, 5.74) is 7.74. The van der Waals surface area contributed by atoms with E-state index in [0.717, 1.165) is 18.4 Å². The fourth-order valence-electron chi connectivity index (χ4n) is 2.50. The van der Waals surface area contributed by atoms with Crippen LogP contribution in [0.4, 0.5) is 4.39 Å². The van der Waals surface area contributed by atoms with Gasteiger partial charge < -0.3 is 5.73 Å². The normalized spacial score (nSPS) is 12.6. The average Bonchev–Trinajstić information content (AvgIpc) is 2.44. The van der Waals surface area contributed by atoms with Gasteiger partial charge in [-0.3, -0.25) is 0 Å². The van der Waals surface area contributed by atoms with Crippen molar-refractivity contribution in [2.24, 2.45) is 5.73 Å². The molecule has 1 rings (SSSR count). The molecule has 114 valence electrons. The van der Waals surface area contributed by atoms with Crippen LogP contribution in [0.3, 0.4) is 0 Å². The molecule has 0 amide bonds. The van der Waals surface area contributed by atoms with Gasteiger partial charge in [-0.05, 0) is 30.5 Å². The van der Waals surface area contributed by atoms with Gasteiger partial charge in [0, 0.05) is 6.04 Å². The minimum Gasteiger partial charge on any atom is -0.324 e. The fourth-order valence-corrected chi connectivity index (χ4v) is 2.50. The molecule has 2 heteroatoms. The topological polar surface area (TPSA) is 26.0 Å². The molecule has 0 aromatic heterocycles. The maximum Gasteiger partial charge on any atom is 0.126 e. The third-order valence-electron chi connectivity index (χ3n) is 3.99. The number of nitrogens with two attached hydrogens (primary N) is 1. The van der Waals surface area contributed by atoms with Gasteiger partial charge in [0.15, 0.2) is 0 Å². The molecule has 1 nitrogen and oxygen atoms in total. The highest BCUT2D eigenvalue weighted by atomic mass is 19.1. The molecule has 1 aromatic carbocycles. The summed E-state index contributed by atoms with van der Waals surface area (Å²) in [7, 11) is 0. The van der Waals surface area contributed by atoms with Crippen molar-refractivity contribution in [1.29, 1.82) is 0 Å². The summed E-state index contributed by atoms with van der Waals surface area (Å²) in [5.74, 6) is -0.145. The first-order chi connectivity index (χ1) is 9.65. The zero-order chi connectivity index (χ0) is 14.8. The Bertz CT molecular complexity index is 376. The van der Waals surface area contributed by atoms with Crippen LogP contribution >= 0.6 is 0 Å². The quantitative estimate of drug-likeness (QED) is 0.549. The van der Waals surface area contributed by atoms with E-state index in [1.165, 1.54) is 44.9 Å². The van der Waals surface area contributed by atoms with Crippen molar-refractivity contribution in [3.63, 3.8) is 0 Å². The van der Waals surface area contributed by atoms with E-state index in [1.54, 1.807) is 13.0 Å². The number of aryl methyl sites for hydroxylation is 1. The largest absolute Gasteiger partial charge is 0.324 e. The number of hydrogen-bond donors (Lipinski definition) is 1. The van der Waals surface area contributed by atoms with E-state index in [1.807, 2.05) is 12.1 Å². The standard InChI is InChI=1S/C18H30FN/c1-3-4-5-6-7-8-9-10-11-18(20)16-13-12-15(2)17(19)14-16/h12-14,18H,3-11,20H2,1-2H3. The molecule has 0 fully saturated rings. The molecule has 0 spiro atoms. The van der Waals surface area contributed by atoms with Crippen molar-refractivity contribution in [2.45, 2.75) is 77.7 Å². The highest BCUT2D eigenvalue weighted by Crippen LogP contribution is 2.20. The average molecular weight is 279 g/mol. The first kappa shape index (κ1) is 17.2. The fraction of sp³-hybridized carbons (Fsp3) is 0.667. The van der Waals surface area contributed by atoms with Crippen molar-refractivity contribution in [3.8, 4) is 0 Å². The molecule has 0 aliphatic heterocycles. The van der Waals surface area contributed by atoms with E-state index in [0.29, 0.717) is 5.56 Å². The second-order valence-electron chi connectivity index (χ2n) is 5.88. The molecule has 1 unspecified atom stereocenters. The van der Waals surface area contributed by atoms with Crippen LogP contribution in [-0.2, 0) is 0 Å². The molecule has 1 atom stereocenters. The Hall–Kier alpha value is -0.890. The third-order valence-corrected chi connectivity index (χ3v) is 3.99. The monoisotopic (exact) mass is 279 g/mol. The Kier molecular flexibility index (Phi) is 8.52. The first-order valence-corrected chi connectivity index (χ1v) is 8.16. The first-order valence-electron chi connectivity index (χ1n) is 8.16. The van der Waals surface area contributed by atoms with Crippen LogP contribution in [-0.4, -0.2) is 0 Å². The summed E-state index contributed by atoms with van der Waals surface area (Å²) in [4.78, 5) is 0. The molecule has 0 radical (unpaired) electrons. The zero-order valence-corrected chi connectivity index (χ0v) is 13.1. The van der Waals surface area contributed by atoms with Crippen LogP contribution in [0.1, 0.15) is 81.9 Å². The number of rotatable bonds is 10. The number of halogens is 1. The third kappa shape index (κ3) is 6.51. The molecule has 2 N–H and O–H groups in total. The SMILES string of the molecule is CCCCCCCCCCC(N)c1ccc(C)c(F)c1. The van der Waals surface area contributed by atoms with Gasteiger partial charge in [-0.25, -0.2) is 4.39 Å². The van der Waals surface area contributed by atoms with Gasteiger partial charge in [-0.2, -0.15) is 0 Å². The van der Waals surface area contributed by atoms with Gasteiger partial charge in [-0.1, -0.05) is 70.4 Å². The highest BCUT2D eigenvalue weighted by Gasteiger charge is 2.07. The minimum absolute atomic E-state index is 0.0230. The van der Waals surface area contributed by atoms with Crippen LogP contribution in [0.5, 0.6) is 0 Å². The van der Waals surface area contributed by atoms with Crippen LogP contribution in [0.2, 0.25) is 0 Å². The molecule has 0 saturated carbocycles. The molecule has 20 heavy (non-hydrogen) atoms. The van der Waals surface area contributed by atoms with E-state index >= 15 is 0 Å². The van der Waals surface area contributed by atoms with Crippen molar-refractivity contribution in [2.75, 3.05) is 0 Å². The lowest BCUT2D eigenvalue weighted by Crippen LogP contribution is -2.10. The predicted octanol–water partition coefficient (Wildman–Crippen LogP) is 5.66. The molecular weight excluding hydrogens is 249 g/mol. The van der Waals surface area contributed by atoms with E-state index < -0.39 is 0 Å². The summed E-state index contributed by atoms with van der Waals surface area (Å²) in [6, 6.07) is 5.33. The lowest BCUT2D eigenvalue weighted by molar-refractivity contribution is 0.533. The Labute approximate surface area is 123 Å². The zero-order valence-electron chi connectivity index (χ0n) is 13.1. The maximum absolute atomic E-state index is 13.5. The summed E-state index contributed by atoms with van der Waals surface area (Å²) < 4.78 is 13.5. The minimum atomic E-state index is -0.145. The Morgan fingerprint density at radius 3 is 2.20 bits per heavy atom. The Morgan fingerprint density at radius 1 is 1.00 bits per heavy atom. The van der Waals surface area contributed by atoms with Gasteiger partial charge >= 0.3 is 0 Å². The molecule has 0 heterocycles. The van der Waals surface area contributed by atoms with Crippen LogP contribution < -0.4 is 5.73 Å². The number of unbranched alkanes of at least 4 members (excludes halogenated alkanes) is 7. The second kappa shape index (κ2) is 9.93. The van der Waals surface area contributed by atoms with Gasteiger partial charge in [0.2, 0.25) is 0 Å². The Morgan fingerprint density at radius 2 is 1.60 bits per heavy atom. The van der Waals surface area contributed by atoms with Crippen molar-refractivity contribution < 1.29 is 4.39 Å². The summed E-state index contributed by atoms with van der Waals surface area (Å²) in [6.45, 7) is 4.03. The molecule has 1 aromatic rings. The van der Waals surface area contributed by atoms with Crippen molar-refractivity contribution >= 4 is 0 Å². The maximum atomic E-state index is 13.5. The van der Waals surface area contributed by atoms with Crippen molar-refractivity contribution in [3.05, 3.63) is 35.1 Å². The number of benzene rings is 1. The molecule has 0 bridgehead atoms. The summed E-state index contributed by atoms with van der Waals surface area (Å²) >= 11 is 0. The summed E-state index contributed by atoms with van der Waals surface area (Å²) in [6.07, 6.45) is 11.4. The van der Waals surface area contributed by atoms with E-state index in [9.17, 15) is 4.39 Å². The van der Waals surface area contributed by atoms with E-state index in [2.05, 4.69) is 6.92 Å². The molecule has 0 aliphatic carbocycles. The summed E-state index contributed by atoms with van der Waals surface area (Å²) in [5, 5.41) is 0. The molecule has 0 aliphatic rings. The van der Waals surface area contributed by atoms with Crippen LogP contribution in [0.25, 0.3) is 0 Å². The van der Waals surface area contributed by atoms with E-state index in [4.69, 9.17) is 5.73 Å². The Balaban J connectivity index is 2.13. The van der Waals surface area contributed by atoms with Crippen LogP contribution in [0.15, 0.2) is 18.2 Å². The smallest absolute Gasteiger partial charge is 0.126 e. The van der Waals surface area contributed by atoms with Gasteiger partial charge in [0.25, 0.3) is 0 Å². The number of hydrogen-bond acceptors (Lipinski definition) is 1.